The van der Waals surface area contributed by atoms with Crippen molar-refractivity contribution < 1.29 is 14.0 Å². The molecule has 7 nitrogen and oxygen atoms in total. The number of H-pyrrole nitrogens is 1. The van der Waals surface area contributed by atoms with Crippen LogP contribution in [0.2, 0.25) is 0 Å². The molecule has 2 aromatic carbocycles. The molecule has 0 radical (unpaired) electrons. The predicted molar refractivity (Wildman–Crippen MR) is 97.2 cm³/mol. The quantitative estimate of drug-likeness (QED) is 0.525. The van der Waals surface area contributed by atoms with E-state index < -0.39 is 5.91 Å². The Kier molecular flexibility index (Phi) is 3.95. The van der Waals surface area contributed by atoms with Crippen LogP contribution in [0.3, 0.4) is 0 Å². The van der Waals surface area contributed by atoms with Gasteiger partial charge in [-0.05, 0) is 36.4 Å². The van der Waals surface area contributed by atoms with E-state index in [0.29, 0.717) is 17.2 Å². The highest BCUT2D eigenvalue weighted by molar-refractivity contribution is 6.11. The molecular weight excluding hydrogens is 332 g/mol. The Morgan fingerprint density at radius 3 is 2.50 bits per heavy atom. The maximum atomic E-state index is 12.6. The summed E-state index contributed by atoms with van der Waals surface area (Å²) in [6.45, 7) is 0. The Hall–Kier alpha value is -3.87. The lowest BCUT2D eigenvalue weighted by Gasteiger charge is -2.09. The molecule has 26 heavy (non-hydrogen) atoms. The second-order valence-electron chi connectivity index (χ2n) is 5.53. The number of amides is 2. The summed E-state index contributed by atoms with van der Waals surface area (Å²) in [4.78, 5) is 32.2. The Balaban J connectivity index is 1.57. The summed E-state index contributed by atoms with van der Waals surface area (Å²) in [6.07, 6.45) is 1.41. The van der Waals surface area contributed by atoms with Crippen LogP contribution in [0.1, 0.15) is 20.9 Å². The first kappa shape index (κ1) is 15.6. The van der Waals surface area contributed by atoms with Gasteiger partial charge in [-0.3, -0.25) is 14.9 Å². The minimum atomic E-state index is -0.431. The molecule has 2 aromatic heterocycles. The van der Waals surface area contributed by atoms with Gasteiger partial charge in [0.1, 0.15) is 0 Å². The van der Waals surface area contributed by atoms with Gasteiger partial charge in [-0.15, -0.1) is 0 Å². The van der Waals surface area contributed by atoms with Crippen LogP contribution < -0.4 is 10.6 Å². The van der Waals surface area contributed by atoms with E-state index in [2.05, 4.69) is 20.6 Å². The Morgan fingerprint density at radius 1 is 0.885 bits per heavy atom. The number of hydrogen-bond acceptors (Lipinski definition) is 4. The zero-order chi connectivity index (χ0) is 17.9. The number of carbonyl (C=O) groups excluding carboxylic acids is 2. The van der Waals surface area contributed by atoms with Gasteiger partial charge >= 0.3 is 0 Å². The topological polar surface area (TPSA) is 100 Å². The number of nitrogens with one attached hydrogen (secondary N) is 3. The van der Waals surface area contributed by atoms with E-state index in [1.165, 1.54) is 6.26 Å². The molecule has 0 aliphatic heterocycles. The fraction of sp³-hybridized carbons (Fsp3) is 0. The number of furan rings is 1. The van der Waals surface area contributed by atoms with Crippen molar-refractivity contribution >= 4 is 34.5 Å². The highest BCUT2D eigenvalue weighted by Gasteiger charge is 2.16. The van der Waals surface area contributed by atoms with E-state index in [4.69, 9.17) is 4.42 Å². The molecule has 0 aliphatic rings. The first-order valence-corrected chi connectivity index (χ1v) is 7.91. The first-order chi connectivity index (χ1) is 12.7. The van der Waals surface area contributed by atoms with Gasteiger partial charge in [-0.1, -0.05) is 24.3 Å². The molecule has 7 heteroatoms. The molecule has 3 N–H and O–H groups in total. The van der Waals surface area contributed by atoms with Gasteiger partial charge in [0.2, 0.25) is 5.95 Å². The number of imidazole rings is 1. The van der Waals surface area contributed by atoms with Gasteiger partial charge in [-0.2, -0.15) is 0 Å². The number of benzene rings is 2. The summed E-state index contributed by atoms with van der Waals surface area (Å²) in [5, 5.41) is 5.40. The molecule has 0 unspecified atom stereocenters. The average Bonchev–Trinajstić information content (AvgIpc) is 3.31. The number of hydrogen-bond donors (Lipinski definition) is 3. The summed E-state index contributed by atoms with van der Waals surface area (Å²) in [5.74, 6) is -0.320. The molecular formula is C19H14N4O3. The largest absolute Gasteiger partial charge is 0.459 e. The number of rotatable bonds is 4. The van der Waals surface area contributed by atoms with Crippen molar-refractivity contribution in [2.24, 2.45) is 0 Å². The Bertz CT molecular complexity index is 1050. The smallest absolute Gasteiger partial charge is 0.291 e. The highest BCUT2D eigenvalue weighted by Crippen LogP contribution is 2.19. The summed E-state index contributed by atoms with van der Waals surface area (Å²) < 4.78 is 5.07. The lowest BCUT2D eigenvalue weighted by atomic mass is 10.1. The van der Waals surface area contributed by atoms with Gasteiger partial charge in [-0.25, -0.2) is 4.98 Å². The molecule has 0 spiro atoms. The highest BCUT2D eigenvalue weighted by atomic mass is 16.3. The normalized spacial score (nSPS) is 10.6. The van der Waals surface area contributed by atoms with Crippen molar-refractivity contribution in [2.75, 3.05) is 10.6 Å². The minimum absolute atomic E-state index is 0.164. The second-order valence-corrected chi connectivity index (χ2v) is 5.53. The molecule has 0 aliphatic carbocycles. The van der Waals surface area contributed by atoms with Gasteiger partial charge in [0.15, 0.2) is 5.76 Å². The molecule has 128 valence electrons. The number of aromatic nitrogens is 2. The maximum absolute atomic E-state index is 12.6. The summed E-state index contributed by atoms with van der Waals surface area (Å²) >= 11 is 0. The fourth-order valence-corrected chi connectivity index (χ4v) is 2.57. The van der Waals surface area contributed by atoms with Crippen molar-refractivity contribution in [2.45, 2.75) is 0 Å². The molecule has 4 rings (SSSR count). The van der Waals surface area contributed by atoms with Crippen molar-refractivity contribution in [3.8, 4) is 0 Å². The third kappa shape index (κ3) is 3.05. The van der Waals surface area contributed by atoms with Crippen molar-refractivity contribution in [1.29, 1.82) is 0 Å². The van der Waals surface area contributed by atoms with Crippen LogP contribution in [0.4, 0.5) is 11.6 Å². The minimum Gasteiger partial charge on any atom is -0.459 e. The molecule has 0 fully saturated rings. The zero-order valence-corrected chi connectivity index (χ0v) is 13.5. The van der Waals surface area contributed by atoms with E-state index >= 15 is 0 Å². The first-order valence-electron chi connectivity index (χ1n) is 7.91. The van der Waals surface area contributed by atoms with Crippen LogP contribution in [0.15, 0.2) is 71.3 Å². The monoisotopic (exact) mass is 346 g/mol. The molecule has 0 atom stereocenters. The van der Waals surface area contributed by atoms with Crippen molar-refractivity contribution in [3.05, 3.63) is 78.3 Å². The number of para-hydroxylation sites is 3. The molecule has 0 saturated heterocycles. The second kappa shape index (κ2) is 6.56. The van der Waals surface area contributed by atoms with Crippen LogP contribution >= 0.6 is 0 Å². The third-order valence-corrected chi connectivity index (χ3v) is 3.79. The van der Waals surface area contributed by atoms with Gasteiger partial charge < -0.3 is 14.7 Å². The van der Waals surface area contributed by atoms with Crippen LogP contribution in [0.5, 0.6) is 0 Å². The number of carbonyl (C=O) groups is 2. The zero-order valence-electron chi connectivity index (χ0n) is 13.5. The number of nitrogens with zero attached hydrogens (tertiary/aromatic N) is 1. The SMILES string of the molecule is O=C(Nc1ccccc1C(=O)Nc1nc2ccccc2[nH]1)c1ccco1. The molecule has 2 amide bonds. The van der Waals surface area contributed by atoms with Crippen LogP contribution in [0.25, 0.3) is 11.0 Å². The van der Waals surface area contributed by atoms with Crippen molar-refractivity contribution in [1.82, 2.24) is 9.97 Å². The lowest BCUT2D eigenvalue weighted by Crippen LogP contribution is -2.18. The maximum Gasteiger partial charge on any atom is 0.291 e. The summed E-state index contributed by atoms with van der Waals surface area (Å²) in [7, 11) is 0. The van der Waals surface area contributed by atoms with Gasteiger partial charge in [0.05, 0.1) is 28.5 Å². The predicted octanol–water partition coefficient (Wildman–Crippen LogP) is 3.66. The molecule has 0 bridgehead atoms. The van der Waals surface area contributed by atoms with Gasteiger partial charge in [0, 0.05) is 0 Å². The van der Waals surface area contributed by atoms with E-state index in [1.807, 2.05) is 24.3 Å². The van der Waals surface area contributed by atoms with Crippen LogP contribution in [-0.4, -0.2) is 21.8 Å². The molecule has 4 aromatic rings. The van der Waals surface area contributed by atoms with E-state index in [0.717, 1.165) is 11.0 Å². The Labute approximate surface area is 148 Å². The summed E-state index contributed by atoms with van der Waals surface area (Å²) in [6, 6.07) is 17.4. The Morgan fingerprint density at radius 2 is 1.69 bits per heavy atom. The van der Waals surface area contributed by atoms with Gasteiger partial charge in [0.25, 0.3) is 11.8 Å². The number of anilines is 2. The standard InChI is InChI=1S/C19H14N4O3/c24-17(23-19-21-14-8-3-4-9-15(14)22-19)12-6-1-2-7-13(12)20-18(25)16-10-5-11-26-16/h1-11H,(H,20,25)(H2,21,22,23,24). The van der Waals surface area contributed by atoms with E-state index in [9.17, 15) is 9.59 Å². The number of aromatic amines is 1. The average molecular weight is 346 g/mol. The summed E-state index contributed by atoms with van der Waals surface area (Å²) in [5.41, 5.74) is 2.26. The van der Waals surface area contributed by atoms with E-state index in [-0.39, 0.29) is 11.7 Å². The lowest BCUT2D eigenvalue weighted by molar-refractivity contribution is 0.0996. The molecule has 2 heterocycles. The third-order valence-electron chi connectivity index (χ3n) is 3.79. The van der Waals surface area contributed by atoms with Crippen LogP contribution in [0, 0.1) is 0 Å². The van der Waals surface area contributed by atoms with E-state index in [1.54, 1.807) is 36.4 Å². The van der Waals surface area contributed by atoms with Crippen LogP contribution in [-0.2, 0) is 0 Å². The number of fused-ring (bicyclic) bond motifs is 1. The molecule has 0 saturated carbocycles. The van der Waals surface area contributed by atoms with Crippen molar-refractivity contribution in [3.63, 3.8) is 0 Å². The fourth-order valence-electron chi connectivity index (χ4n) is 2.57.